The number of nitrogens with one attached hydrogen (secondary N) is 1. The zero-order valence-electron chi connectivity index (χ0n) is 14.7. The van der Waals surface area contributed by atoms with Crippen LogP contribution in [0.1, 0.15) is 25.3 Å². The number of nitrogen functional groups attached to an aromatic ring is 1. The third kappa shape index (κ3) is 2.90. The third-order valence-corrected chi connectivity index (χ3v) is 6.48. The fourth-order valence-electron chi connectivity index (χ4n) is 3.07. The molecule has 8 heteroatoms. The third-order valence-electron chi connectivity index (χ3n) is 4.80. The van der Waals surface area contributed by atoms with Gasteiger partial charge in [0, 0.05) is 12.2 Å². The molecule has 0 spiro atoms. The summed E-state index contributed by atoms with van der Waals surface area (Å²) in [6.07, 6.45) is 3.89. The molecule has 1 aromatic carbocycles. The molecule has 1 fully saturated rings. The Balaban J connectivity index is 1.81. The number of nitrogens with zero attached hydrogens (tertiary/aromatic N) is 3. The Morgan fingerprint density at radius 2 is 1.88 bits per heavy atom. The van der Waals surface area contributed by atoms with Gasteiger partial charge in [-0.2, -0.15) is 9.97 Å². The van der Waals surface area contributed by atoms with Crippen molar-refractivity contribution >= 4 is 32.8 Å². The van der Waals surface area contributed by atoms with Crippen molar-refractivity contribution in [2.24, 2.45) is 5.92 Å². The molecule has 4 rings (SSSR count). The van der Waals surface area contributed by atoms with Crippen LogP contribution in [0.3, 0.4) is 0 Å². The zero-order valence-corrected chi connectivity index (χ0v) is 15.5. The number of nitrogens with two attached hydrogens (primary N) is 1. The molecule has 0 aliphatic heterocycles. The first-order valence-electron chi connectivity index (χ1n) is 8.59. The predicted octanol–water partition coefficient (Wildman–Crippen LogP) is 2.77. The molecule has 136 valence electrons. The van der Waals surface area contributed by atoms with Crippen molar-refractivity contribution < 1.29 is 8.42 Å². The minimum Gasteiger partial charge on any atom is -0.368 e. The van der Waals surface area contributed by atoms with Crippen molar-refractivity contribution in [2.45, 2.75) is 37.6 Å². The number of aromatic nitrogens is 3. The lowest BCUT2D eigenvalue weighted by molar-refractivity contribution is 0.589. The second kappa shape index (κ2) is 5.98. The Kier molecular flexibility index (Phi) is 3.87. The number of anilines is 2. The Morgan fingerprint density at radius 3 is 2.54 bits per heavy atom. The Hall–Kier alpha value is -2.61. The van der Waals surface area contributed by atoms with Crippen LogP contribution < -0.4 is 11.1 Å². The fraction of sp³-hybridized carbons (Fsp3) is 0.333. The first-order chi connectivity index (χ1) is 12.4. The fourth-order valence-corrected chi connectivity index (χ4v) is 4.36. The van der Waals surface area contributed by atoms with E-state index >= 15 is 0 Å². The number of fused-ring (bicyclic) bond motifs is 1. The summed E-state index contributed by atoms with van der Waals surface area (Å²) < 4.78 is 27.2. The molecular formula is C18H21N5O2S. The minimum absolute atomic E-state index is 0.0436. The van der Waals surface area contributed by atoms with E-state index < -0.39 is 10.0 Å². The van der Waals surface area contributed by atoms with Gasteiger partial charge in [0.25, 0.3) is 10.0 Å². The number of benzene rings is 1. The van der Waals surface area contributed by atoms with Crippen LogP contribution in [0.5, 0.6) is 0 Å². The average Bonchev–Trinajstić information content (AvgIpc) is 3.35. The predicted molar refractivity (Wildman–Crippen MR) is 102 cm³/mol. The van der Waals surface area contributed by atoms with E-state index in [-0.39, 0.29) is 22.5 Å². The van der Waals surface area contributed by atoms with Gasteiger partial charge in [-0.05, 0) is 50.8 Å². The molecule has 0 radical (unpaired) electrons. The molecule has 0 saturated heterocycles. The monoisotopic (exact) mass is 371 g/mol. The van der Waals surface area contributed by atoms with Gasteiger partial charge in [0.15, 0.2) is 5.65 Å². The van der Waals surface area contributed by atoms with Crippen LogP contribution in [0.4, 0.5) is 11.8 Å². The number of rotatable bonds is 5. The number of aryl methyl sites for hydroxylation is 1. The highest BCUT2D eigenvalue weighted by Gasteiger charge is 2.29. The van der Waals surface area contributed by atoms with Crippen LogP contribution in [0.25, 0.3) is 11.0 Å². The molecule has 0 amide bonds. The summed E-state index contributed by atoms with van der Waals surface area (Å²) in [5, 5.41) is 4.00. The highest BCUT2D eigenvalue weighted by Crippen LogP contribution is 2.35. The van der Waals surface area contributed by atoms with Crippen LogP contribution in [-0.4, -0.2) is 28.4 Å². The van der Waals surface area contributed by atoms with Crippen LogP contribution in [0.2, 0.25) is 0 Å². The minimum atomic E-state index is -3.76. The molecule has 0 bridgehead atoms. The molecule has 2 heterocycles. The van der Waals surface area contributed by atoms with Crippen LogP contribution in [0, 0.1) is 12.8 Å². The topological polar surface area (TPSA) is 103 Å². The molecule has 1 saturated carbocycles. The molecule has 1 aliphatic carbocycles. The largest absolute Gasteiger partial charge is 0.368 e. The second-order valence-corrected chi connectivity index (χ2v) is 8.68. The first-order valence-corrected chi connectivity index (χ1v) is 10.0. The molecule has 1 aliphatic rings. The Bertz CT molecular complexity index is 1070. The maximum Gasteiger partial charge on any atom is 0.269 e. The van der Waals surface area contributed by atoms with Crippen LogP contribution in [0.15, 0.2) is 41.4 Å². The summed E-state index contributed by atoms with van der Waals surface area (Å²) >= 11 is 0. The lowest BCUT2D eigenvalue weighted by Gasteiger charge is -2.15. The van der Waals surface area contributed by atoms with Gasteiger partial charge in [0.05, 0.1) is 10.3 Å². The summed E-state index contributed by atoms with van der Waals surface area (Å²) in [4.78, 5) is 8.67. The summed E-state index contributed by atoms with van der Waals surface area (Å²) in [6, 6.07) is 8.69. The number of hydrogen-bond donors (Lipinski definition) is 2. The van der Waals surface area contributed by atoms with Crippen molar-refractivity contribution in [3.63, 3.8) is 0 Å². The van der Waals surface area contributed by atoms with Gasteiger partial charge < -0.3 is 11.1 Å². The lowest BCUT2D eigenvalue weighted by Crippen LogP contribution is -2.19. The molecular weight excluding hydrogens is 350 g/mol. The van der Waals surface area contributed by atoms with Crippen molar-refractivity contribution in [3.05, 3.63) is 42.1 Å². The van der Waals surface area contributed by atoms with Gasteiger partial charge in [-0.1, -0.05) is 17.7 Å². The van der Waals surface area contributed by atoms with Gasteiger partial charge in [-0.25, -0.2) is 12.4 Å². The van der Waals surface area contributed by atoms with E-state index in [0.29, 0.717) is 17.1 Å². The number of hydrogen-bond acceptors (Lipinski definition) is 6. The van der Waals surface area contributed by atoms with E-state index in [4.69, 9.17) is 5.73 Å². The van der Waals surface area contributed by atoms with E-state index in [1.165, 1.54) is 19.0 Å². The standard InChI is InChI=1S/C18H21N5O2S/c1-11-3-7-14(8-4-11)26(24,25)23-10-9-15-16(20-12(2)13-5-6-13)21-18(19)22-17(15)23/h3-4,7-10,12-13H,5-6H2,1-2H3,(H3,19,20,21,22)/t12-/m0/s1. The Morgan fingerprint density at radius 1 is 1.19 bits per heavy atom. The lowest BCUT2D eigenvalue weighted by atomic mass is 10.2. The highest BCUT2D eigenvalue weighted by molar-refractivity contribution is 7.90. The van der Waals surface area contributed by atoms with Gasteiger partial charge in [-0.15, -0.1) is 0 Å². The van der Waals surface area contributed by atoms with Crippen molar-refractivity contribution in [3.8, 4) is 0 Å². The van der Waals surface area contributed by atoms with E-state index in [1.807, 2.05) is 6.92 Å². The van der Waals surface area contributed by atoms with E-state index in [2.05, 4.69) is 22.2 Å². The quantitative estimate of drug-likeness (QED) is 0.715. The normalized spacial score (nSPS) is 15.9. The maximum absolute atomic E-state index is 13.0. The molecule has 2 aromatic heterocycles. The Labute approximate surface area is 152 Å². The molecule has 3 aromatic rings. The SMILES string of the molecule is Cc1ccc(S(=O)(=O)n2ccc3c(N[C@@H](C)C4CC4)nc(N)nc32)cc1. The van der Waals surface area contributed by atoms with Gasteiger partial charge in [0.1, 0.15) is 5.82 Å². The molecule has 0 unspecified atom stereocenters. The smallest absolute Gasteiger partial charge is 0.269 e. The summed E-state index contributed by atoms with van der Waals surface area (Å²) in [6.45, 7) is 4.01. The van der Waals surface area contributed by atoms with E-state index in [9.17, 15) is 8.42 Å². The second-order valence-electron chi connectivity index (χ2n) is 6.87. The van der Waals surface area contributed by atoms with Crippen LogP contribution >= 0.6 is 0 Å². The van der Waals surface area contributed by atoms with Crippen LogP contribution in [-0.2, 0) is 10.0 Å². The molecule has 3 N–H and O–H groups in total. The van der Waals surface area contributed by atoms with Gasteiger partial charge >= 0.3 is 0 Å². The first kappa shape index (κ1) is 16.8. The molecule has 7 nitrogen and oxygen atoms in total. The molecule has 26 heavy (non-hydrogen) atoms. The average molecular weight is 371 g/mol. The molecule has 1 atom stereocenters. The van der Waals surface area contributed by atoms with E-state index in [1.54, 1.807) is 30.3 Å². The highest BCUT2D eigenvalue weighted by atomic mass is 32.2. The van der Waals surface area contributed by atoms with E-state index in [0.717, 1.165) is 9.54 Å². The summed E-state index contributed by atoms with van der Waals surface area (Å²) in [5.41, 5.74) is 7.13. The van der Waals surface area contributed by atoms with Gasteiger partial charge in [0.2, 0.25) is 5.95 Å². The van der Waals surface area contributed by atoms with Crippen molar-refractivity contribution in [1.29, 1.82) is 0 Å². The van der Waals surface area contributed by atoms with Gasteiger partial charge in [-0.3, -0.25) is 0 Å². The van der Waals surface area contributed by atoms with Crippen molar-refractivity contribution in [2.75, 3.05) is 11.1 Å². The maximum atomic E-state index is 13.0. The van der Waals surface area contributed by atoms with Crippen molar-refractivity contribution in [1.82, 2.24) is 13.9 Å². The summed E-state index contributed by atoms with van der Waals surface area (Å²) in [7, 11) is -3.76. The zero-order chi connectivity index (χ0) is 18.5. The summed E-state index contributed by atoms with van der Waals surface area (Å²) in [5.74, 6) is 1.24.